The third-order valence-corrected chi connectivity index (χ3v) is 4.45. The Hall–Kier alpha value is -2.64. The fourth-order valence-electron chi connectivity index (χ4n) is 3.32. The molecule has 1 fully saturated rings. The van der Waals surface area contributed by atoms with E-state index >= 15 is 0 Å². The highest BCUT2D eigenvalue weighted by atomic mass is 16.4. The van der Waals surface area contributed by atoms with Gasteiger partial charge in [0.2, 0.25) is 0 Å². The van der Waals surface area contributed by atoms with Gasteiger partial charge in [0.15, 0.2) is 5.65 Å². The number of fused-ring (bicyclic) bond motifs is 1. The Morgan fingerprint density at radius 1 is 1.29 bits per heavy atom. The fraction of sp³-hybridized carbons (Fsp3) is 0.500. The number of amides is 1. The standard InChI is InChI=1S/C16H20N4O4/c21-12-7-11(6-10-4-2-1-3-5-10)20-15(18-9-19-20)14(12)16(24)17-8-13(22)23/h7,9-10,21H,1-6,8H2,(H,17,24)(H,22,23). The van der Waals surface area contributed by atoms with Gasteiger partial charge in [-0.3, -0.25) is 9.59 Å². The van der Waals surface area contributed by atoms with E-state index in [0.29, 0.717) is 5.92 Å². The summed E-state index contributed by atoms with van der Waals surface area (Å²) in [6, 6.07) is 1.53. The Bertz CT molecular complexity index is 765. The van der Waals surface area contributed by atoms with E-state index in [0.717, 1.165) is 25.0 Å². The summed E-state index contributed by atoms with van der Waals surface area (Å²) in [5.74, 6) is -1.51. The number of rotatable bonds is 5. The average molecular weight is 332 g/mol. The fourth-order valence-corrected chi connectivity index (χ4v) is 3.32. The lowest BCUT2D eigenvalue weighted by Gasteiger charge is -2.22. The van der Waals surface area contributed by atoms with Crippen LogP contribution < -0.4 is 5.32 Å². The predicted molar refractivity (Wildman–Crippen MR) is 84.9 cm³/mol. The lowest BCUT2D eigenvalue weighted by atomic mass is 9.86. The minimum atomic E-state index is -1.16. The van der Waals surface area contributed by atoms with Gasteiger partial charge >= 0.3 is 5.97 Å². The number of carboxylic acids is 1. The van der Waals surface area contributed by atoms with Crippen LogP contribution in [0, 0.1) is 5.92 Å². The van der Waals surface area contributed by atoms with Gasteiger partial charge in [0.25, 0.3) is 5.91 Å². The number of hydrogen-bond acceptors (Lipinski definition) is 5. The zero-order valence-corrected chi connectivity index (χ0v) is 13.2. The predicted octanol–water partition coefficient (Wildman–Crippen LogP) is 1.37. The second-order valence-electron chi connectivity index (χ2n) is 6.18. The summed E-state index contributed by atoms with van der Waals surface area (Å²) in [6.07, 6.45) is 8.09. The van der Waals surface area contributed by atoms with E-state index in [2.05, 4.69) is 15.4 Å². The van der Waals surface area contributed by atoms with Gasteiger partial charge in [-0.1, -0.05) is 32.1 Å². The summed E-state index contributed by atoms with van der Waals surface area (Å²) in [5.41, 5.74) is 0.992. The van der Waals surface area contributed by atoms with Crippen LogP contribution in [0.3, 0.4) is 0 Å². The Labute approximate surface area is 138 Å². The number of aliphatic carboxylic acids is 1. The van der Waals surface area contributed by atoms with E-state index in [1.165, 1.54) is 31.7 Å². The molecule has 0 bridgehead atoms. The summed E-state index contributed by atoms with van der Waals surface area (Å²) in [4.78, 5) is 26.8. The van der Waals surface area contributed by atoms with Gasteiger partial charge in [-0.25, -0.2) is 9.50 Å². The first-order valence-corrected chi connectivity index (χ1v) is 8.11. The molecule has 0 aliphatic heterocycles. The molecule has 1 aliphatic rings. The lowest BCUT2D eigenvalue weighted by Crippen LogP contribution is -2.30. The number of carbonyl (C=O) groups excluding carboxylic acids is 1. The Kier molecular flexibility index (Phi) is 4.64. The van der Waals surface area contributed by atoms with Gasteiger partial charge in [-0.2, -0.15) is 5.10 Å². The largest absolute Gasteiger partial charge is 0.507 e. The minimum Gasteiger partial charge on any atom is -0.507 e. The highest BCUT2D eigenvalue weighted by Gasteiger charge is 2.22. The van der Waals surface area contributed by atoms with Crippen molar-refractivity contribution in [2.45, 2.75) is 38.5 Å². The van der Waals surface area contributed by atoms with Crippen LogP contribution in [0.1, 0.15) is 48.2 Å². The number of hydrogen-bond donors (Lipinski definition) is 3. The van der Waals surface area contributed by atoms with Crippen LogP contribution in [0.15, 0.2) is 12.4 Å². The van der Waals surface area contributed by atoms with E-state index in [4.69, 9.17) is 5.11 Å². The van der Waals surface area contributed by atoms with E-state index in [1.807, 2.05) is 0 Å². The molecule has 128 valence electrons. The third kappa shape index (κ3) is 3.32. The average Bonchev–Trinajstić information content (AvgIpc) is 3.03. The molecule has 2 aromatic rings. The van der Waals surface area contributed by atoms with Crippen molar-refractivity contribution in [1.29, 1.82) is 0 Å². The number of nitrogens with zero attached hydrogens (tertiary/aromatic N) is 3. The van der Waals surface area contributed by atoms with Crippen molar-refractivity contribution in [2.24, 2.45) is 5.92 Å². The minimum absolute atomic E-state index is 0.0545. The zero-order chi connectivity index (χ0) is 17.1. The Balaban J connectivity index is 1.91. The summed E-state index contributed by atoms with van der Waals surface area (Å²) in [6.45, 7) is -0.525. The van der Waals surface area contributed by atoms with Crippen molar-refractivity contribution in [3.05, 3.63) is 23.7 Å². The zero-order valence-electron chi connectivity index (χ0n) is 13.2. The van der Waals surface area contributed by atoms with Crippen molar-refractivity contribution < 1.29 is 19.8 Å². The van der Waals surface area contributed by atoms with Crippen LogP contribution in [0.2, 0.25) is 0 Å². The maximum atomic E-state index is 12.2. The first kappa shape index (κ1) is 16.2. The summed E-state index contributed by atoms with van der Waals surface area (Å²) < 4.78 is 1.56. The normalized spacial score (nSPS) is 15.5. The van der Waals surface area contributed by atoms with Crippen molar-refractivity contribution in [1.82, 2.24) is 19.9 Å². The number of nitrogens with one attached hydrogen (secondary N) is 1. The SMILES string of the molecule is O=C(O)CNC(=O)c1c(O)cc(CC2CCCCC2)n2ncnc12. The van der Waals surface area contributed by atoms with Gasteiger partial charge in [0, 0.05) is 11.8 Å². The Morgan fingerprint density at radius 3 is 2.75 bits per heavy atom. The monoisotopic (exact) mass is 332 g/mol. The summed E-state index contributed by atoms with van der Waals surface area (Å²) in [5, 5.41) is 25.4. The van der Waals surface area contributed by atoms with Crippen molar-refractivity contribution in [3.63, 3.8) is 0 Å². The van der Waals surface area contributed by atoms with E-state index < -0.39 is 18.4 Å². The van der Waals surface area contributed by atoms with Crippen LogP contribution in [-0.4, -0.2) is 43.2 Å². The molecule has 0 saturated heterocycles. The molecular weight excluding hydrogens is 312 g/mol. The first-order valence-electron chi connectivity index (χ1n) is 8.11. The molecule has 3 rings (SSSR count). The molecule has 24 heavy (non-hydrogen) atoms. The molecule has 0 atom stereocenters. The van der Waals surface area contributed by atoms with Crippen LogP contribution in [0.4, 0.5) is 0 Å². The van der Waals surface area contributed by atoms with Crippen molar-refractivity contribution >= 4 is 17.5 Å². The lowest BCUT2D eigenvalue weighted by molar-refractivity contribution is -0.135. The molecular formula is C16H20N4O4. The molecule has 2 aromatic heterocycles. The Morgan fingerprint density at radius 2 is 2.04 bits per heavy atom. The maximum Gasteiger partial charge on any atom is 0.322 e. The molecule has 1 amide bonds. The van der Waals surface area contributed by atoms with Gasteiger partial charge in [0.05, 0.1) is 0 Å². The second kappa shape index (κ2) is 6.86. The summed E-state index contributed by atoms with van der Waals surface area (Å²) in [7, 11) is 0. The van der Waals surface area contributed by atoms with Gasteiger partial charge in [0.1, 0.15) is 24.2 Å². The second-order valence-corrected chi connectivity index (χ2v) is 6.18. The number of aromatic hydroxyl groups is 1. The van der Waals surface area contributed by atoms with Crippen LogP contribution >= 0.6 is 0 Å². The molecule has 0 unspecified atom stereocenters. The van der Waals surface area contributed by atoms with Crippen LogP contribution in [0.5, 0.6) is 5.75 Å². The van der Waals surface area contributed by atoms with Crippen LogP contribution in [0.25, 0.3) is 5.65 Å². The highest BCUT2D eigenvalue weighted by molar-refractivity contribution is 6.03. The highest BCUT2D eigenvalue weighted by Crippen LogP contribution is 2.29. The third-order valence-electron chi connectivity index (χ3n) is 4.45. The van der Waals surface area contributed by atoms with Gasteiger partial charge in [-0.15, -0.1) is 0 Å². The first-order chi connectivity index (χ1) is 11.6. The molecule has 8 heteroatoms. The molecule has 3 N–H and O–H groups in total. The van der Waals surface area contributed by atoms with E-state index in [9.17, 15) is 14.7 Å². The van der Waals surface area contributed by atoms with Crippen LogP contribution in [-0.2, 0) is 11.2 Å². The molecule has 1 aliphatic carbocycles. The molecule has 2 heterocycles. The van der Waals surface area contributed by atoms with E-state index in [-0.39, 0.29) is 17.0 Å². The molecule has 8 nitrogen and oxygen atoms in total. The number of pyridine rings is 1. The number of carbonyl (C=O) groups is 2. The van der Waals surface area contributed by atoms with Crippen molar-refractivity contribution in [3.8, 4) is 5.75 Å². The molecule has 0 radical (unpaired) electrons. The molecule has 1 saturated carbocycles. The molecule has 0 aromatic carbocycles. The quantitative estimate of drug-likeness (QED) is 0.761. The smallest absolute Gasteiger partial charge is 0.322 e. The van der Waals surface area contributed by atoms with E-state index in [1.54, 1.807) is 4.52 Å². The molecule has 0 spiro atoms. The topological polar surface area (TPSA) is 117 Å². The number of aromatic nitrogens is 3. The maximum absolute atomic E-state index is 12.2. The van der Waals surface area contributed by atoms with Gasteiger partial charge < -0.3 is 15.5 Å². The summed E-state index contributed by atoms with van der Waals surface area (Å²) >= 11 is 0. The van der Waals surface area contributed by atoms with Gasteiger partial charge in [-0.05, 0) is 12.3 Å². The van der Waals surface area contributed by atoms with Crippen molar-refractivity contribution in [2.75, 3.05) is 6.54 Å². The number of carboxylic acid groups (broad SMARTS) is 1.